The number of carbonyl (C=O) groups excluding carboxylic acids is 2. The first kappa shape index (κ1) is 27.3. The molecule has 5 heterocycles. The van der Waals surface area contributed by atoms with Gasteiger partial charge in [0.05, 0.1) is 33.6 Å². The smallest absolute Gasteiger partial charge is 0.272 e. The number of anilines is 1. The van der Waals surface area contributed by atoms with Crippen LogP contribution in [0.3, 0.4) is 0 Å². The van der Waals surface area contributed by atoms with Gasteiger partial charge in [-0.1, -0.05) is 30.3 Å². The van der Waals surface area contributed by atoms with Gasteiger partial charge in [0.15, 0.2) is 0 Å². The summed E-state index contributed by atoms with van der Waals surface area (Å²) < 4.78 is 15.0. The topological polar surface area (TPSA) is 128 Å². The number of H-pyrrole nitrogens is 1. The number of nitrogens with zero attached hydrogens (tertiary/aromatic N) is 7. The zero-order chi connectivity index (χ0) is 30.4. The van der Waals surface area contributed by atoms with Crippen LogP contribution in [0.5, 0.6) is 0 Å². The fourth-order valence-electron chi connectivity index (χ4n) is 5.90. The van der Waals surface area contributed by atoms with Gasteiger partial charge < -0.3 is 14.7 Å². The summed E-state index contributed by atoms with van der Waals surface area (Å²) in [5, 5.41) is 7.96. The summed E-state index contributed by atoms with van der Waals surface area (Å²) in [7, 11) is 1.72. The molecule has 5 aromatic rings. The monoisotopic (exact) mass is 590 g/mol. The molecule has 0 saturated carbocycles. The van der Waals surface area contributed by atoms with Crippen molar-refractivity contribution in [3.05, 3.63) is 123 Å². The Hall–Kier alpha value is -5.52. The van der Waals surface area contributed by atoms with E-state index in [-0.39, 0.29) is 17.0 Å². The number of carbonyl (C=O) groups is 2. The largest absolute Gasteiger partial charge is 0.337 e. The van der Waals surface area contributed by atoms with Gasteiger partial charge in [0.25, 0.3) is 17.4 Å². The van der Waals surface area contributed by atoms with E-state index >= 15 is 0 Å². The minimum absolute atomic E-state index is 0.0155. The van der Waals surface area contributed by atoms with E-state index in [9.17, 15) is 18.8 Å². The Morgan fingerprint density at radius 1 is 0.977 bits per heavy atom. The third kappa shape index (κ3) is 4.74. The Kier molecular flexibility index (Phi) is 6.80. The van der Waals surface area contributed by atoms with Gasteiger partial charge >= 0.3 is 0 Å². The van der Waals surface area contributed by atoms with Crippen LogP contribution in [0.1, 0.15) is 49.4 Å². The van der Waals surface area contributed by atoms with Crippen molar-refractivity contribution >= 4 is 28.5 Å². The number of hydrogen-bond acceptors (Lipinski definition) is 8. The van der Waals surface area contributed by atoms with Gasteiger partial charge in [-0.05, 0) is 35.9 Å². The first-order valence-electron chi connectivity index (χ1n) is 14.2. The zero-order valence-corrected chi connectivity index (χ0v) is 23.8. The standard InChI is InChI=1S/C32H27FN8O3/c1-39-28(25-8-4-5-11-34-25)27-23(30(39)43)18-35-32(36-27)41-14-12-40(13-15-41)31(44)22-16-19(9-10-24(22)33)17-26-20-6-2-3-7-21(20)29(42)38-37-26/h2-11,16,18,28H,12-15,17H2,1H3,(H,38,42). The SMILES string of the molecule is CN1C(=O)c2cnc(N3CCN(C(=O)c4cc(Cc5n[nH]c(=O)c6ccccc56)ccc4F)CC3)nc2C1c1ccccn1. The molecule has 11 nitrogen and oxygen atoms in total. The number of amides is 2. The van der Waals surface area contributed by atoms with Crippen molar-refractivity contribution in [2.75, 3.05) is 38.1 Å². The van der Waals surface area contributed by atoms with Crippen LogP contribution < -0.4 is 10.5 Å². The molecule has 44 heavy (non-hydrogen) atoms. The normalized spacial score (nSPS) is 16.5. The van der Waals surface area contributed by atoms with Gasteiger partial charge in [0.1, 0.15) is 11.9 Å². The number of aromatic amines is 1. The zero-order valence-electron chi connectivity index (χ0n) is 23.8. The van der Waals surface area contributed by atoms with Gasteiger partial charge in [-0.25, -0.2) is 19.5 Å². The van der Waals surface area contributed by atoms with Crippen molar-refractivity contribution < 1.29 is 14.0 Å². The molecule has 1 saturated heterocycles. The summed E-state index contributed by atoms with van der Waals surface area (Å²) in [6.45, 7) is 1.57. The van der Waals surface area contributed by atoms with Crippen LogP contribution in [0.4, 0.5) is 10.3 Å². The Labute approximate surface area is 251 Å². The van der Waals surface area contributed by atoms with Crippen LogP contribution in [-0.2, 0) is 6.42 Å². The lowest BCUT2D eigenvalue weighted by Gasteiger charge is -2.35. The minimum Gasteiger partial charge on any atom is -0.337 e. The Balaban J connectivity index is 1.07. The molecule has 2 aliphatic heterocycles. The summed E-state index contributed by atoms with van der Waals surface area (Å²) in [4.78, 5) is 57.4. The molecule has 0 radical (unpaired) electrons. The Bertz CT molecular complexity index is 1970. The summed E-state index contributed by atoms with van der Waals surface area (Å²) in [6.07, 6.45) is 3.56. The van der Waals surface area contributed by atoms with Crippen LogP contribution in [0.25, 0.3) is 10.8 Å². The quantitative estimate of drug-likeness (QED) is 0.331. The van der Waals surface area contributed by atoms with Crippen LogP contribution in [0.15, 0.2) is 77.9 Å². The first-order valence-corrected chi connectivity index (χ1v) is 14.2. The molecule has 1 atom stereocenters. The van der Waals surface area contributed by atoms with Crippen molar-refractivity contribution in [1.82, 2.24) is 34.9 Å². The Morgan fingerprint density at radius 2 is 1.75 bits per heavy atom. The molecule has 220 valence electrons. The number of fused-ring (bicyclic) bond motifs is 2. The van der Waals surface area contributed by atoms with E-state index < -0.39 is 17.8 Å². The number of rotatable bonds is 5. The second-order valence-electron chi connectivity index (χ2n) is 10.9. The van der Waals surface area contributed by atoms with E-state index in [0.717, 1.165) is 5.69 Å². The highest BCUT2D eigenvalue weighted by molar-refractivity contribution is 5.99. The van der Waals surface area contributed by atoms with Crippen LogP contribution >= 0.6 is 0 Å². The van der Waals surface area contributed by atoms with Crippen LogP contribution in [0.2, 0.25) is 0 Å². The molecular formula is C32H27FN8O3. The van der Waals surface area contributed by atoms with Crippen molar-refractivity contribution in [3.63, 3.8) is 0 Å². The van der Waals surface area contributed by atoms with Gasteiger partial charge in [-0.2, -0.15) is 5.10 Å². The van der Waals surface area contributed by atoms with Gasteiger partial charge in [-0.15, -0.1) is 0 Å². The van der Waals surface area contributed by atoms with Crippen LogP contribution in [-0.4, -0.2) is 80.0 Å². The first-order chi connectivity index (χ1) is 21.4. The molecule has 7 rings (SSSR count). The molecule has 0 bridgehead atoms. The summed E-state index contributed by atoms with van der Waals surface area (Å²) in [5.41, 5.74) is 2.80. The summed E-state index contributed by atoms with van der Waals surface area (Å²) in [5.74, 6) is -0.697. The van der Waals surface area contributed by atoms with Gasteiger partial charge in [-0.3, -0.25) is 19.4 Å². The number of halogens is 1. The number of nitrogens with one attached hydrogen (secondary N) is 1. The molecule has 2 amide bonds. The molecule has 3 aromatic heterocycles. The predicted octanol–water partition coefficient (Wildman–Crippen LogP) is 2.98. The molecule has 1 N–H and O–H groups in total. The van der Waals surface area contributed by atoms with E-state index in [1.807, 2.05) is 35.2 Å². The van der Waals surface area contributed by atoms with E-state index in [1.54, 1.807) is 53.5 Å². The lowest BCUT2D eigenvalue weighted by atomic mass is 10.0. The number of pyridine rings is 1. The van der Waals surface area contributed by atoms with E-state index in [0.29, 0.717) is 71.8 Å². The average molecular weight is 591 g/mol. The van der Waals surface area contributed by atoms with Gasteiger partial charge in [0.2, 0.25) is 5.95 Å². The molecule has 0 aliphatic carbocycles. The Morgan fingerprint density at radius 3 is 2.52 bits per heavy atom. The maximum atomic E-state index is 15.0. The fourth-order valence-corrected chi connectivity index (χ4v) is 5.90. The minimum atomic E-state index is -0.600. The van der Waals surface area contributed by atoms with Crippen molar-refractivity contribution in [3.8, 4) is 0 Å². The summed E-state index contributed by atoms with van der Waals surface area (Å²) in [6, 6.07) is 16.8. The molecule has 1 unspecified atom stereocenters. The highest BCUT2D eigenvalue weighted by Gasteiger charge is 2.39. The van der Waals surface area contributed by atoms with E-state index in [2.05, 4.69) is 20.2 Å². The van der Waals surface area contributed by atoms with Crippen molar-refractivity contribution in [2.45, 2.75) is 12.5 Å². The van der Waals surface area contributed by atoms with E-state index in [1.165, 1.54) is 6.07 Å². The predicted molar refractivity (Wildman–Crippen MR) is 160 cm³/mol. The molecular weight excluding hydrogens is 563 g/mol. The maximum absolute atomic E-state index is 15.0. The van der Waals surface area contributed by atoms with Gasteiger partial charge in [0, 0.05) is 57.4 Å². The highest BCUT2D eigenvalue weighted by Crippen LogP contribution is 2.35. The highest BCUT2D eigenvalue weighted by atomic mass is 19.1. The molecule has 2 aromatic carbocycles. The number of hydrogen-bond donors (Lipinski definition) is 1. The molecule has 0 spiro atoms. The lowest BCUT2D eigenvalue weighted by molar-refractivity contribution is 0.0740. The number of piperazine rings is 1. The second-order valence-corrected chi connectivity index (χ2v) is 10.9. The second kappa shape index (κ2) is 11.0. The maximum Gasteiger partial charge on any atom is 0.272 e. The average Bonchev–Trinajstić information content (AvgIpc) is 3.32. The molecule has 1 fully saturated rings. The lowest BCUT2D eigenvalue weighted by Crippen LogP contribution is -2.49. The van der Waals surface area contributed by atoms with E-state index in [4.69, 9.17) is 4.98 Å². The number of benzene rings is 2. The number of aromatic nitrogens is 5. The third-order valence-electron chi connectivity index (χ3n) is 8.23. The summed E-state index contributed by atoms with van der Waals surface area (Å²) >= 11 is 0. The third-order valence-corrected chi connectivity index (χ3v) is 8.23. The molecule has 2 aliphatic rings. The van der Waals surface area contributed by atoms with Crippen LogP contribution in [0, 0.1) is 5.82 Å². The van der Waals surface area contributed by atoms with Crippen molar-refractivity contribution in [1.29, 1.82) is 0 Å². The molecule has 12 heteroatoms. The fraction of sp³-hybridized carbons (Fsp3) is 0.219. The van der Waals surface area contributed by atoms with Crippen molar-refractivity contribution in [2.24, 2.45) is 0 Å².